The molecule has 4 heterocycles. The van der Waals surface area contributed by atoms with E-state index in [2.05, 4.69) is 173 Å². The standard InChI is InChI=1S/C46H28N4O/c1-2-12-29(13-3-1)33-19-11-23-41-44(33)36-18-6-9-22-40(36)50(41)32-24-25-42-37(27-32)45-43(51-42)28-47-46(48-45)30-14-10-15-31(26-30)49-38-20-7-4-16-34(38)35-17-5-8-21-39(35)49/h1-28H. The Hall–Kier alpha value is -6.98. The lowest BCUT2D eigenvalue weighted by molar-refractivity contribution is 0.666. The predicted octanol–water partition coefficient (Wildman–Crippen LogP) is 11.9. The van der Waals surface area contributed by atoms with E-state index in [-0.39, 0.29) is 0 Å². The number of nitrogens with zero attached hydrogens (tertiary/aromatic N) is 4. The fourth-order valence-electron chi connectivity index (χ4n) is 7.97. The van der Waals surface area contributed by atoms with Crippen LogP contribution < -0.4 is 0 Å². The molecule has 0 bridgehead atoms. The lowest BCUT2D eigenvalue weighted by atomic mass is 9.99. The second-order valence-electron chi connectivity index (χ2n) is 13.0. The number of rotatable bonds is 4. The van der Waals surface area contributed by atoms with Gasteiger partial charge in [0, 0.05) is 43.9 Å². The van der Waals surface area contributed by atoms with E-state index >= 15 is 0 Å². The summed E-state index contributed by atoms with van der Waals surface area (Å²) in [5, 5.41) is 5.88. The van der Waals surface area contributed by atoms with Gasteiger partial charge in [-0.25, -0.2) is 9.97 Å². The Morgan fingerprint density at radius 3 is 1.82 bits per heavy atom. The summed E-state index contributed by atoms with van der Waals surface area (Å²) >= 11 is 0. The van der Waals surface area contributed by atoms with Gasteiger partial charge in [-0.15, -0.1) is 0 Å². The van der Waals surface area contributed by atoms with Gasteiger partial charge in [-0.2, -0.15) is 0 Å². The minimum atomic E-state index is 0.655. The van der Waals surface area contributed by atoms with E-state index in [1.807, 2.05) is 0 Å². The van der Waals surface area contributed by atoms with E-state index < -0.39 is 0 Å². The van der Waals surface area contributed by atoms with Crippen molar-refractivity contribution in [2.45, 2.75) is 0 Å². The van der Waals surface area contributed by atoms with Gasteiger partial charge in [0.15, 0.2) is 11.4 Å². The Bertz CT molecular complexity index is 3090. The van der Waals surface area contributed by atoms with E-state index in [1.165, 1.54) is 43.7 Å². The molecule has 0 aliphatic heterocycles. The average molecular weight is 653 g/mol. The van der Waals surface area contributed by atoms with Crippen LogP contribution in [0.1, 0.15) is 0 Å². The minimum absolute atomic E-state index is 0.655. The molecule has 51 heavy (non-hydrogen) atoms. The maximum atomic E-state index is 6.31. The predicted molar refractivity (Wildman–Crippen MR) is 209 cm³/mol. The average Bonchev–Trinajstić information content (AvgIpc) is 3.85. The zero-order valence-electron chi connectivity index (χ0n) is 27.4. The molecule has 0 amide bonds. The summed E-state index contributed by atoms with van der Waals surface area (Å²) < 4.78 is 11.0. The number of aromatic nitrogens is 4. The van der Waals surface area contributed by atoms with Gasteiger partial charge in [-0.1, -0.05) is 109 Å². The number of benzene rings is 7. The highest BCUT2D eigenvalue weighted by molar-refractivity contribution is 6.16. The van der Waals surface area contributed by atoms with Crippen molar-refractivity contribution in [3.05, 3.63) is 170 Å². The number of hydrogen-bond acceptors (Lipinski definition) is 3. The van der Waals surface area contributed by atoms with Crippen molar-refractivity contribution in [1.29, 1.82) is 0 Å². The van der Waals surface area contributed by atoms with Crippen LogP contribution in [-0.2, 0) is 0 Å². The molecule has 4 aromatic heterocycles. The fourth-order valence-corrected chi connectivity index (χ4v) is 7.97. The third-order valence-electron chi connectivity index (χ3n) is 10.2. The summed E-state index contributed by atoms with van der Waals surface area (Å²) in [6.07, 6.45) is 1.80. The van der Waals surface area contributed by atoms with Gasteiger partial charge in [0.2, 0.25) is 0 Å². The topological polar surface area (TPSA) is 48.8 Å². The highest BCUT2D eigenvalue weighted by atomic mass is 16.3. The molecular weight excluding hydrogens is 625 g/mol. The first-order valence-corrected chi connectivity index (χ1v) is 17.2. The molecule has 0 radical (unpaired) electrons. The smallest absolute Gasteiger partial charge is 0.172 e. The first-order chi connectivity index (χ1) is 25.3. The Morgan fingerprint density at radius 2 is 1.04 bits per heavy atom. The third kappa shape index (κ3) is 4.15. The molecule has 0 saturated heterocycles. The first kappa shape index (κ1) is 27.9. The van der Waals surface area contributed by atoms with E-state index in [4.69, 9.17) is 14.4 Å². The highest BCUT2D eigenvalue weighted by Crippen LogP contribution is 2.40. The van der Waals surface area contributed by atoms with Crippen LogP contribution >= 0.6 is 0 Å². The van der Waals surface area contributed by atoms with Crippen LogP contribution in [0.2, 0.25) is 0 Å². The fraction of sp³-hybridized carbons (Fsp3) is 0. The normalized spacial score (nSPS) is 11.9. The number of furan rings is 1. The van der Waals surface area contributed by atoms with Gasteiger partial charge in [0.05, 0.1) is 28.3 Å². The Kier molecular flexibility index (Phi) is 5.89. The molecule has 5 heteroatoms. The van der Waals surface area contributed by atoms with Crippen LogP contribution in [0.3, 0.4) is 0 Å². The lowest BCUT2D eigenvalue weighted by Crippen LogP contribution is -1.95. The van der Waals surface area contributed by atoms with E-state index in [1.54, 1.807) is 6.20 Å². The zero-order valence-corrected chi connectivity index (χ0v) is 27.4. The summed E-state index contributed by atoms with van der Waals surface area (Å²) in [5.41, 5.74) is 12.4. The van der Waals surface area contributed by atoms with Crippen molar-refractivity contribution in [3.8, 4) is 33.9 Å². The molecule has 238 valence electrons. The number of hydrogen-bond donors (Lipinski definition) is 0. The molecule has 0 N–H and O–H groups in total. The summed E-state index contributed by atoms with van der Waals surface area (Å²) in [6, 6.07) is 57.9. The van der Waals surface area contributed by atoms with Gasteiger partial charge in [-0.3, -0.25) is 0 Å². The Morgan fingerprint density at radius 1 is 0.431 bits per heavy atom. The van der Waals surface area contributed by atoms with Crippen LogP contribution in [-0.4, -0.2) is 19.1 Å². The summed E-state index contributed by atoms with van der Waals surface area (Å²) in [5.74, 6) is 0.655. The van der Waals surface area contributed by atoms with Crippen molar-refractivity contribution in [1.82, 2.24) is 19.1 Å². The van der Waals surface area contributed by atoms with Gasteiger partial charge >= 0.3 is 0 Å². The molecule has 11 rings (SSSR count). The third-order valence-corrected chi connectivity index (χ3v) is 10.2. The first-order valence-electron chi connectivity index (χ1n) is 17.2. The van der Waals surface area contributed by atoms with Gasteiger partial charge in [0.25, 0.3) is 0 Å². The van der Waals surface area contributed by atoms with Gasteiger partial charge in [-0.05, 0) is 65.7 Å². The molecule has 7 aromatic carbocycles. The lowest BCUT2D eigenvalue weighted by Gasteiger charge is -2.10. The minimum Gasteiger partial charge on any atom is -0.453 e. The Balaban J connectivity index is 1.08. The largest absolute Gasteiger partial charge is 0.453 e. The molecule has 0 aliphatic carbocycles. The molecular formula is C46H28N4O. The second-order valence-corrected chi connectivity index (χ2v) is 13.0. The van der Waals surface area contributed by atoms with Crippen LogP contribution in [0, 0.1) is 0 Å². The Labute approximate surface area is 292 Å². The van der Waals surface area contributed by atoms with Crippen LogP contribution in [0.25, 0.3) is 99.6 Å². The molecule has 0 aliphatic rings. The number of para-hydroxylation sites is 3. The molecule has 0 spiro atoms. The SMILES string of the molecule is c1ccc(-c2cccc3c2c2ccccc2n3-c2ccc3oc4cnc(-c5cccc(-n6c7ccccc7c7ccccc76)c5)nc4c3c2)cc1. The van der Waals surface area contributed by atoms with Crippen molar-refractivity contribution in [2.24, 2.45) is 0 Å². The molecule has 0 saturated carbocycles. The second kappa shape index (κ2) is 10.8. The summed E-state index contributed by atoms with van der Waals surface area (Å²) in [6.45, 7) is 0. The van der Waals surface area contributed by atoms with Crippen molar-refractivity contribution in [3.63, 3.8) is 0 Å². The van der Waals surface area contributed by atoms with E-state index in [9.17, 15) is 0 Å². The maximum Gasteiger partial charge on any atom is 0.172 e. The molecule has 0 atom stereocenters. The zero-order chi connectivity index (χ0) is 33.5. The van der Waals surface area contributed by atoms with E-state index in [0.29, 0.717) is 11.4 Å². The summed E-state index contributed by atoms with van der Waals surface area (Å²) in [7, 11) is 0. The molecule has 0 unspecified atom stereocenters. The van der Waals surface area contributed by atoms with Crippen molar-refractivity contribution in [2.75, 3.05) is 0 Å². The van der Waals surface area contributed by atoms with E-state index in [0.717, 1.165) is 44.5 Å². The van der Waals surface area contributed by atoms with Crippen LogP contribution in [0.4, 0.5) is 0 Å². The van der Waals surface area contributed by atoms with Gasteiger partial charge in [0.1, 0.15) is 11.1 Å². The quantitative estimate of drug-likeness (QED) is 0.190. The van der Waals surface area contributed by atoms with Crippen molar-refractivity contribution < 1.29 is 4.42 Å². The number of fused-ring (bicyclic) bond motifs is 9. The monoisotopic (exact) mass is 652 g/mol. The summed E-state index contributed by atoms with van der Waals surface area (Å²) in [4.78, 5) is 9.95. The maximum absolute atomic E-state index is 6.31. The molecule has 0 fully saturated rings. The van der Waals surface area contributed by atoms with Crippen LogP contribution in [0.5, 0.6) is 0 Å². The van der Waals surface area contributed by atoms with Gasteiger partial charge < -0.3 is 13.6 Å². The van der Waals surface area contributed by atoms with Crippen LogP contribution in [0.15, 0.2) is 174 Å². The highest BCUT2D eigenvalue weighted by Gasteiger charge is 2.19. The van der Waals surface area contributed by atoms with Crippen molar-refractivity contribution >= 4 is 65.7 Å². The molecule has 5 nitrogen and oxygen atoms in total. The molecule has 11 aromatic rings.